The average Bonchev–Trinajstić information content (AvgIpc) is 3.03. The molecule has 1 aromatic carbocycles. The summed E-state index contributed by atoms with van der Waals surface area (Å²) in [7, 11) is 0. The lowest BCUT2D eigenvalue weighted by Crippen LogP contribution is -2.28. The van der Waals surface area contributed by atoms with Crippen LogP contribution in [0.25, 0.3) is 0 Å². The highest BCUT2D eigenvalue weighted by molar-refractivity contribution is 9.10. The van der Waals surface area contributed by atoms with Crippen LogP contribution in [0.4, 0.5) is 20.2 Å². The molecule has 2 heterocycles. The van der Waals surface area contributed by atoms with Gasteiger partial charge in [0.05, 0.1) is 16.9 Å². The quantitative estimate of drug-likeness (QED) is 0.776. The summed E-state index contributed by atoms with van der Waals surface area (Å²) in [6, 6.07) is 4.07. The fourth-order valence-corrected chi connectivity index (χ4v) is 3.19. The molecule has 2 aromatic rings. The van der Waals surface area contributed by atoms with Gasteiger partial charge in [-0.15, -0.1) is 0 Å². The van der Waals surface area contributed by atoms with Gasteiger partial charge in [-0.2, -0.15) is 4.39 Å². The number of pyridine rings is 1. The smallest absolute Gasteiger partial charge is 0.289 e. The first-order valence-electron chi connectivity index (χ1n) is 7.25. The third-order valence-corrected chi connectivity index (χ3v) is 4.42. The first-order valence-corrected chi connectivity index (χ1v) is 8.04. The lowest BCUT2D eigenvalue weighted by atomic mass is 10.0. The Morgan fingerprint density at radius 2 is 2.12 bits per heavy atom. The topological polar surface area (TPSA) is 71.3 Å². The molecule has 3 rings (SSSR count). The van der Waals surface area contributed by atoms with Gasteiger partial charge in [0.2, 0.25) is 5.82 Å². The molecule has 1 aliphatic rings. The number of anilines is 2. The molecule has 0 saturated carbocycles. The standard InChI is InChI=1S/C16H13BrF2N2O3/c17-8-3-4-10(9(18)6-8)20-15-13(12(23)7-22)11-2-1-5-21(11)16(24)14(15)19/h3-4,6,20,22H,1-2,5,7H2. The molecule has 1 aliphatic heterocycles. The molecule has 0 amide bonds. The largest absolute Gasteiger partial charge is 0.388 e. The van der Waals surface area contributed by atoms with Gasteiger partial charge in [0.25, 0.3) is 5.56 Å². The van der Waals surface area contributed by atoms with E-state index in [1.165, 1.54) is 22.8 Å². The van der Waals surface area contributed by atoms with Crippen LogP contribution < -0.4 is 10.9 Å². The molecule has 0 unspecified atom stereocenters. The molecule has 0 atom stereocenters. The second kappa shape index (κ2) is 6.45. The van der Waals surface area contributed by atoms with Gasteiger partial charge in [0.1, 0.15) is 12.4 Å². The molecular formula is C16H13BrF2N2O3. The van der Waals surface area contributed by atoms with Crippen LogP contribution in [0.5, 0.6) is 0 Å². The van der Waals surface area contributed by atoms with Crippen molar-refractivity contribution < 1.29 is 18.7 Å². The van der Waals surface area contributed by atoms with E-state index in [0.29, 0.717) is 29.6 Å². The normalized spacial score (nSPS) is 13.0. The Morgan fingerprint density at radius 3 is 2.79 bits per heavy atom. The monoisotopic (exact) mass is 398 g/mol. The highest BCUT2D eigenvalue weighted by atomic mass is 79.9. The van der Waals surface area contributed by atoms with E-state index in [-0.39, 0.29) is 11.3 Å². The number of halogens is 3. The van der Waals surface area contributed by atoms with Gasteiger partial charge in [-0.25, -0.2) is 4.39 Å². The fourth-order valence-electron chi connectivity index (χ4n) is 2.86. The molecule has 0 saturated heterocycles. The number of hydrogen-bond acceptors (Lipinski definition) is 4. The van der Waals surface area contributed by atoms with E-state index in [1.807, 2.05) is 0 Å². The van der Waals surface area contributed by atoms with Crippen molar-refractivity contribution in [2.75, 3.05) is 11.9 Å². The second-order valence-corrected chi connectivity index (χ2v) is 6.32. The zero-order valence-electron chi connectivity index (χ0n) is 12.4. The van der Waals surface area contributed by atoms with Crippen LogP contribution in [-0.2, 0) is 13.0 Å². The van der Waals surface area contributed by atoms with Crippen molar-refractivity contribution in [3.05, 3.63) is 55.9 Å². The maximum Gasteiger partial charge on any atom is 0.289 e. The Bertz CT molecular complexity index is 896. The minimum Gasteiger partial charge on any atom is -0.388 e. The molecule has 0 fully saturated rings. The van der Waals surface area contributed by atoms with E-state index >= 15 is 0 Å². The highest BCUT2D eigenvalue weighted by Gasteiger charge is 2.28. The summed E-state index contributed by atoms with van der Waals surface area (Å²) in [6.45, 7) is -0.522. The summed E-state index contributed by atoms with van der Waals surface area (Å²) in [6.07, 6.45) is 1.00. The summed E-state index contributed by atoms with van der Waals surface area (Å²) in [5, 5.41) is 11.7. The van der Waals surface area contributed by atoms with Crippen LogP contribution >= 0.6 is 15.9 Å². The Kier molecular flexibility index (Phi) is 4.51. The van der Waals surface area contributed by atoms with E-state index in [9.17, 15) is 23.5 Å². The number of ketones is 1. The third kappa shape index (κ3) is 2.76. The van der Waals surface area contributed by atoms with Crippen molar-refractivity contribution in [1.82, 2.24) is 4.57 Å². The lowest BCUT2D eigenvalue weighted by molar-refractivity contribution is 0.0902. The van der Waals surface area contributed by atoms with E-state index < -0.39 is 35.3 Å². The Labute approximate surface area is 144 Å². The minimum atomic E-state index is -1.17. The predicted octanol–water partition coefficient (Wildman–Crippen LogP) is 2.75. The number of aromatic nitrogens is 1. The van der Waals surface area contributed by atoms with Crippen molar-refractivity contribution in [2.24, 2.45) is 0 Å². The summed E-state index contributed by atoms with van der Waals surface area (Å²) in [4.78, 5) is 24.3. The van der Waals surface area contributed by atoms with Crippen LogP contribution in [0.1, 0.15) is 22.5 Å². The molecule has 5 nitrogen and oxygen atoms in total. The molecule has 1 aromatic heterocycles. The number of aliphatic hydroxyl groups excluding tert-OH is 1. The molecule has 0 spiro atoms. The summed E-state index contributed by atoms with van der Waals surface area (Å²) in [5.74, 6) is -2.56. The van der Waals surface area contributed by atoms with Gasteiger partial charge in [-0.05, 0) is 31.0 Å². The van der Waals surface area contributed by atoms with Crippen molar-refractivity contribution >= 4 is 33.1 Å². The first-order chi connectivity index (χ1) is 11.4. The number of fused-ring (bicyclic) bond motifs is 1. The second-order valence-electron chi connectivity index (χ2n) is 5.40. The molecule has 0 radical (unpaired) electrons. The first kappa shape index (κ1) is 16.8. The number of nitrogens with zero attached hydrogens (tertiary/aromatic N) is 1. The summed E-state index contributed by atoms with van der Waals surface area (Å²) < 4.78 is 30.3. The Hall–Kier alpha value is -2.06. The highest BCUT2D eigenvalue weighted by Crippen LogP contribution is 2.30. The van der Waals surface area contributed by atoms with Gasteiger partial charge >= 0.3 is 0 Å². The van der Waals surface area contributed by atoms with Crippen LogP contribution in [0.15, 0.2) is 27.5 Å². The average molecular weight is 399 g/mol. The maximum atomic E-state index is 14.5. The number of aliphatic hydroxyl groups is 1. The minimum absolute atomic E-state index is 0.0774. The lowest BCUT2D eigenvalue weighted by Gasteiger charge is -2.17. The summed E-state index contributed by atoms with van der Waals surface area (Å²) >= 11 is 3.11. The van der Waals surface area contributed by atoms with Gasteiger partial charge < -0.3 is 15.0 Å². The predicted molar refractivity (Wildman–Crippen MR) is 87.8 cm³/mol. The van der Waals surface area contributed by atoms with Crippen LogP contribution in [0.2, 0.25) is 0 Å². The van der Waals surface area contributed by atoms with Crippen LogP contribution in [-0.4, -0.2) is 22.1 Å². The molecular weight excluding hydrogens is 386 g/mol. The number of Topliss-reactive ketones (excluding diaryl/α,β-unsaturated/α-hetero) is 1. The number of carbonyl (C=O) groups is 1. The zero-order chi connectivity index (χ0) is 17.4. The van der Waals surface area contributed by atoms with Gasteiger partial charge in [-0.1, -0.05) is 15.9 Å². The summed E-state index contributed by atoms with van der Waals surface area (Å²) in [5.41, 5.74) is -1.08. The van der Waals surface area contributed by atoms with E-state index in [0.717, 1.165) is 0 Å². The molecule has 2 N–H and O–H groups in total. The number of rotatable bonds is 4. The molecule has 0 aliphatic carbocycles. The third-order valence-electron chi connectivity index (χ3n) is 3.93. The van der Waals surface area contributed by atoms with Crippen LogP contribution in [0.3, 0.4) is 0 Å². The molecule has 126 valence electrons. The fraction of sp³-hybridized carbons (Fsp3) is 0.250. The molecule has 8 heteroatoms. The van der Waals surface area contributed by atoms with E-state index in [2.05, 4.69) is 21.2 Å². The number of benzene rings is 1. The number of hydrogen-bond donors (Lipinski definition) is 2. The van der Waals surface area contributed by atoms with E-state index in [1.54, 1.807) is 0 Å². The van der Waals surface area contributed by atoms with Crippen molar-refractivity contribution in [3.8, 4) is 0 Å². The van der Waals surface area contributed by atoms with E-state index in [4.69, 9.17) is 0 Å². The van der Waals surface area contributed by atoms with Crippen molar-refractivity contribution in [1.29, 1.82) is 0 Å². The van der Waals surface area contributed by atoms with Crippen molar-refractivity contribution in [2.45, 2.75) is 19.4 Å². The van der Waals surface area contributed by atoms with Crippen LogP contribution in [0, 0.1) is 11.6 Å². The van der Waals surface area contributed by atoms with Gasteiger partial charge in [0.15, 0.2) is 5.78 Å². The number of nitrogens with one attached hydrogen (secondary N) is 1. The van der Waals surface area contributed by atoms with Gasteiger partial charge in [-0.3, -0.25) is 9.59 Å². The molecule has 24 heavy (non-hydrogen) atoms. The SMILES string of the molecule is O=C(CO)c1c(Nc2ccc(Br)cc2F)c(F)c(=O)n2c1CCC2. The zero-order valence-corrected chi connectivity index (χ0v) is 14.0. The maximum absolute atomic E-state index is 14.5. The Balaban J connectivity index is 2.21. The van der Waals surface area contributed by atoms with Gasteiger partial charge in [0, 0.05) is 16.7 Å². The Morgan fingerprint density at radius 1 is 1.38 bits per heavy atom. The number of carbonyl (C=O) groups excluding carboxylic acids is 1. The van der Waals surface area contributed by atoms with Crippen molar-refractivity contribution in [3.63, 3.8) is 0 Å². The molecule has 0 bridgehead atoms.